The molecule has 0 aliphatic carbocycles. The van der Waals surface area contributed by atoms with E-state index >= 15 is 0 Å². The van der Waals surface area contributed by atoms with E-state index in [0.717, 1.165) is 22.7 Å². The summed E-state index contributed by atoms with van der Waals surface area (Å²) in [5.41, 5.74) is 3.06. The lowest BCUT2D eigenvalue weighted by Crippen LogP contribution is -1.95. The summed E-state index contributed by atoms with van der Waals surface area (Å²) in [7, 11) is 1.66. The summed E-state index contributed by atoms with van der Waals surface area (Å²) in [6.07, 6.45) is 1.96. The van der Waals surface area contributed by atoms with Crippen molar-refractivity contribution in [2.45, 2.75) is 0 Å². The lowest BCUT2D eigenvalue weighted by Gasteiger charge is -2.04. The molecule has 0 fully saturated rings. The van der Waals surface area contributed by atoms with Gasteiger partial charge in [-0.15, -0.1) is 0 Å². The van der Waals surface area contributed by atoms with Gasteiger partial charge in [0.25, 0.3) is 0 Å². The molecule has 0 unspecified atom stereocenters. The zero-order valence-electron chi connectivity index (χ0n) is 10.7. The molecule has 0 saturated heterocycles. The molecule has 1 heterocycles. The molecule has 3 aromatic rings. The highest BCUT2D eigenvalue weighted by Crippen LogP contribution is 2.20. The molecule has 3 rings (SSSR count). The summed E-state index contributed by atoms with van der Waals surface area (Å²) >= 11 is 0. The van der Waals surface area contributed by atoms with Crippen molar-refractivity contribution >= 4 is 0 Å². The average molecular weight is 250 g/mol. The third kappa shape index (κ3) is 2.36. The molecule has 1 aromatic heterocycles. The highest BCUT2D eigenvalue weighted by molar-refractivity contribution is 5.58. The Balaban J connectivity index is 1.97. The molecule has 3 heteroatoms. The fourth-order valence-corrected chi connectivity index (χ4v) is 1.98. The van der Waals surface area contributed by atoms with Crippen molar-refractivity contribution in [2.75, 3.05) is 7.11 Å². The van der Waals surface area contributed by atoms with Gasteiger partial charge in [-0.1, -0.05) is 36.4 Å². The van der Waals surface area contributed by atoms with Crippen molar-refractivity contribution in [1.82, 2.24) is 9.78 Å². The molecule has 19 heavy (non-hydrogen) atoms. The van der Waals surface area contributed by atoms with E-state index in [1.807, 2.05) is 59.4 Å². The lowest BCUT2D eigenvalue weighted by molar-refractivity contribution is 0.414. The highest BCUT2D eigenvalue weighted by atomic mass is 16.5. The van der Waals surface area contributed by atoms with E-state index < -0.39 is 0 Å². The number of methoxy groups -OCH3 is 1. The number of hydrogen-bond donors (Lipinski definition) is 0. The monoisotopic (exact) mass is 250 g/mol. The first-order chi connectivity index (χ1) is 9.36. The number of nitrogens with zero attached hydrogens (tertiary/aromatic N) is 2. The van der Waals surface area contributed by atoms with E-state index in [-0.39, 0.29) is 0 Å². The fraction of sp³-hybridized carbons (Fsp3) is 0.0625. The SMILES string of the molecule is COc1cccc(-n2ccc(-c3ccccc3)n2)c1. The molecule has 94 valence electrons. The van der Waals surface area contributed by atoms with Gasteiger partial charge in [0.15, 0.2) is 0 Å². The third-order valence-electron chi connectivity index (χ3n) is 2.98. The first kappa shape index (κ1) is 11.5. The van der Waals surface area contributed by atoms with Crippen LogP contribution in [0, 0.1) is 0 Å². The topological polar surface area (TPSA) is 27.1 Å². The van der Waals surface area contributed by atoms with Crippen LogP contribution in [-0.2, 0) is 0 Å². The van der Waals surface area contributed by atoms with Crippen LogP contribution in [0.2, 0.25) is 0 Å². The Hall–Kier alpha value is -2.55. The van der Waals surface area contributed by atoms with Gasteiger partial charge in [-0.05, 0) is 18.2 Å². The lowest BCUT2D eigenvalue weighted by atomic mass is 10.2. The third-order valence-corrected chi connectivity index (χ3v) is 2.98. The molecule has 0 saturated carbocycles. The van der Waals surface area contributed by atoms with Gasteiger partial charge in [0, 0.05) is 17.8 Å². The van der Waals surface area contributed by atoms with Crippen molar-refractivity contribution < 1.29 is 4.74 Å². The molecule has 0 N–H and O–H groups in total. The summed E-state index contributed by atoms with van der Waals surface area (Å²) in [5.74, 6) is 0.828. The Kier molecular flexibility index (Phi) is 3.02. The minimum Gasteiger partial charge on any atom is -0.497 e. The number of rotatable bonds is 3. The molecule has 0 aliphatic heterocycles. The molecule has 0 bridgehead atoms. The van der Waals surface area contributed by atoms with Crippen LogP contribution >= 0.6 is 0 Å². The summed E-state index contributed by atoms with van der Waals surface area (Å²) in [5, 5.41) is 4.59. The Morgan fingerprint density at radius 2 is 1.79 bits per heavy atom. The van der Waals surface area contributed by atoms with Gasteiger partial charge in [-0.2, -0.15) is 5.10 Å². The van der Waals surface area contributed by atoms with Crippen molar-refractivity contribution in [3.8, 4) is 22.7 Å². The molecule has 0 aliphatic rings. The molecule has 0 radical (unpaired) electrons. The van der Waals surface area contributed by atoms with E-state index in [4.69, 9.17) is 4.74 Å². The van der Waals surface area contributed by atoms with Crippen molar-refractivity contribution in [2.24, 2.45) is 0 Å². The summed E-state index contributed by atoms with van der Waals surface area (Å²) < 4.78 is 7.08. The van der Waals surface area contributed by atoms with Crippen LogP contribution < -0.4 is 4.74 Å². The highest BCUT2D eigenvalue weighted by Gasteiger charge is 2.04. The van der Waals surface area contributed by atoms with Crippen LogP contribution in [0.25, 0.3) is 16.9 Å². The molecule has 0 spiro atoms. The van der Waals surface area contributed by atoms with Gasteiger partial charge in [0.05, 0.1) is 18.5 Å². The standard InChI is InChI=1S/C16H14N2O/c1-19-15-9-5-8-14(12-15)18-11-10-16(17-18)13-6-3-2-4-7-13/h2-12H,1H3. The van der Waals surface area contributed by atoms with Gasteiger partial charge >= 0.3 is 0 Å². The van der Waals surface area contributed by atoms with E-state index in [0.29, 0.717) is 0 Å². The maximum Gasteiger partial charge on any atom is 0.121 e. The Labute approximate surface area is 112 Å². The quantitative estimate of drug-likeness (QED) is 0.710. The van der Waals surface area contributed by atoms with Crippen LogP contribution in [0.4, 0.5) is 0 Å². The maximum absolute atomic E-state index is 5.23. The second kappa shape index (κ2) is 4.98. The molecule has 0 atom stereocenters. The number of hydrogen-bond acceptors (Lipinski definition) is 2. The maximum atomic E-state index is 5.23. The molecule has 0 amide bonds. The van der Waals surface area contributed by atoms with Crippen LogP contribution in [-0.4, -0.2) is 16.9 Å². The average Bonchev–Trinajstić information content (AvgIpc) is 2.98. The fourth-order valence-electron chi connectivity index (χ4n) is 1.98. The van der Waals surface area contributed by atoms with Crippen LogP contribution in [0.5, 0.6) is 5.75 Å². The summed E-state index contributed by atoms with van der Waals surface area (Å²) in [6.45, 7) is 0. The van der Waals surface area contributed by atoms with Crippen molar-refractivity contribution in [3.63, 3.8) is 0 Å². The first-order valence-corrected chi connectivity index (χ1v) is 6.12. The molecule has 3 nitrogen and oxygen atoms in total. The van der Waals surface area contributed by atoms with Gasteiger partial charge < -0.3 is 4.74 Å². The molecule has 2 aromatic carbocycles. The Morgan fingerprint density at radius 3 is 2.58 bits per heavy atom. The Bertz CT molecular complexity index is 674. The van der Waals surface area contributed by atoms with Crippen LogP contribution in [0.1, 0.15) is 0 Å². The smallest absolute Gasteiger partial charge is 0.121 e. The van der Waals surface area contributed by atoms with Gasteiger partial charge in [-0.3, -0.25) is 0 Å². The minimum atomic E-state index is 0.828. The van der Waals surface area contributed by atoms with Gasteiger partial charge in [0.1, 0.15) is 5.75 Å². The second-order valence-electron chi connectivity index (χ2n) is 4.21. The molecular weight excluding hydrogens is 236 g/mol. The first-order valence-electron chi connectivity index (χ1n) is 6.12. The zero-order chi connectivity index (χ0) is 13.1. The summed E-state index contributed by atoms with van der Waals surface area (Å²) in [4.78, 5) is 0. The zero-order valence-corrected chi connectivity index (χ0v) is 10.7. The van der Waals surface area contributed by atoms with Gasteiger partial charge in [-0.25, -0.2) is 4.68 Å². The van der Waals surface area contributed by atoms with Crippen molar-refractivity contribution in [3.05, 3.63) is 66.9 Å². The van der Waals surface area contributed by atoms with E-state index in [9.17, 15) is 0 Å². The Morgan fingerprint density at radius 1 is 0.947 bits per heavy atom. The summed E-state index contributed by atoms with van der Waals surface area (Å²) in [6, 6.07) is 20.0. The number of ether oxygens (including phenoxy) is 1. The largest absolute Gasteiger partial charge is 0.497 e. The van der Waals surface area contributed by atoms with Crippen LogP contribution in [0.3, 0.4) is 0 Å². The number of aromatic nitrogens is 2. The van der Waals surface area contributed by atoms with Crippen LogP contribution in [0.15, 0.2) is 66.9 Å². The normalized spacial score (nSPS) is 10.4. The predicted molar refractivity (Wildman–Crippen MR) is 75.6 cm³/mol. The van der Waals surface area contributed by atoms with E-state index in [1.54, 1.807) is 7.11 Å². The van der Waals surface area contributed by atoms with E-state index in [1.165, 1.54) is 0 Å². The van der Waals surface area contributed by atoms with Gasteiger partial charge in [0.2, 0.25) is 0 Å². The minimum absolute atomic E-state index is 0.828. The van der Waals surface area contributed by atoms with Crippen molar-refractivity contribution in [1.29, 1.82) is 0 Å². The number of benzene rings is 2. The molecular formula is C16H14N2O. The second-order valence-corrected chi connectivity index (χ2v) is 4.21. The predicted octanol–water partition coefficient (Wildman–Crippen LogP) is 3.55. The van der Waals surface area contributed by atoms with E-state index in [2.05, 4.69) is 17.2 Å².